The van der Waals surface area contributed by atoms with Crippen LogP contribution in [-0.2, 0) is 11.3 Å². The lowest BCUT2D eigenvalue weighted by atomic mass is 10.3. The Morgan fingerprint density at radius 3 is 2.72 bits per heavy atom. The predicted octanol–water partition coefficient (Wildman–Crippen LogP) is 1.29. The van der Waals surface area contributed by atoms with Crippen LogP contribution in [-0.4, -0.2) is 22.3 Å². The molecular weight excluding hydrogens is 263 g/mol. The summed E-state index contributed by atoms with van der Waals surface area (Å²) in [5, 5.41) is -0.557. The monoisotopic (exact) mass is 276 g/mol. The molecule has 7 heteroatoms. The van der Waals surface area contributed by atoms with Gasteiger partial charge >= 0.3 is 5.69 Å². The molecule has 0 spiro atoms. The number of H-pyrrole nitrogens is 1. The lowest BCUT2D eigenvalue weighted by molar-refractivity contribution is 0.0518. The Balaban J connectivity index is 2.03. The zero-order valence-electron chi connectivity index (χ0n) is 9.75. The lowest BCUT2D eigenvalue weighted by Crippen LogP contribution is -2.38. The molecule has 0 aliphatic heterocycles. The summed E-state index contributed by atoms with van der Waals surface area (Å²) in [6.45, 7) is 0.244. The SMILES string of the molecule is O=c1[nH]c(Cl)c(F)c(=O)n1CCOC1CCCC1. The Labute approximate surface area is 108 Å². The third kappa shape index (κ3) is 2.81. The highest BCUT2D eigenvalue weighted by Gasteiger charge is 2.16. The van der Waals surface area contributed by atoms with Gasteiger partial charge in [0, 0.05) is 0 Å². The minimum atomic E-state index is -1.14. The van der Waals surface area contributed by atoms with E-state index >= 15 is 0 Å². The number of aromatic amines is 1. The molecule has 1 heterocycles. The first-order valence-corrected chi connectivity index (χ1v) is 6.27. The summed E-state index contributed by atoms with van der Waals surface area (Å²) < 4.78 is 19.5. The van der Waals surface area contributed by atoms with Crippen LogP contribution in [0.4, 0.5) is 4.39 Å². The molecule has 1 saturated carbocycles. The molecule has 1 N–H and O–H groups in total. The number of nitrogens with one attached hydrogen (secondary N) is 1. The van der Waals surface area contributed by atoms with Crippen molar-refractivity contribution < 1.29 is 9.13 Å². The largest absolute Gasteiger partial charge is 0.376 e. The molecule has 0 amide bonds. The molecule has 1 aromatic heterocycles. The van der Waals surface area contributed by atoms with Gasteiger partial charge in [0.1, 0.15) is 0 Å². The minimum absolute atomic E-state index is 0.0265. The van der Waals surface area contributed by atoms with Crippen LogP contribution in [0.1, 0.15) is 25.7 Å². The number of halogens is 2. The van der Waals surface area contributed by atoms with Crippen molar-refractivity contribution >= 4 is 11.6 Å². The molecular formula is C11H14ClFN2O3. The van der Waals surface area contributed by atoms with E-state index < -0.39 is 22.2 Å². The van der Waals surface area contributed by atoms with E-state index in [1.807, 2.05) is 0 Å². The summed E-state index contributed by atoms with van der Waals surface area (Å²) in [7, 11) is 0. The topological polar surface area (TPSA) is 64.1 Å². The van der Waals surface area contributed by atoms with E-state index in [0.29, 0.717) is 0 Å². The van der Waals surface area contributed by atoms with Gasteiger partial charge in [0.05, 0.1) is 19.3 Å². The van der Waals surface area contributed by atoms with E-state index in [-0.39, 0.29) is 19.3 Å². The van der Waals surface area contributed by atoms with Crippen molar-refractivity contribution in [2.45, 2.75) is 38.3 Å². The second-order valence-electron chi connectivity index (χ2n) is 4.29. The van der Waals surface area contributed by atoms with Crippen LogP contribution in [0.3, 0.4) is 0 Å². The fourth-order valence-electron chi connectivity index (χ4n) is 2.09. The highest BCUT2D eigenvalue weighted by molar-refractivity contribution is 6.29. The second-order valence-corrected chi connectivity index (χ2v) is 4.67. The number of nitrogens with zero attached hydrogens (tertiary/aromatic N) is 1. The fourth-order valence-corrected chi connectivity index (χ4v) is 2.25. The summed E-state index contributed by atoms with van der Waals surface area (Å²) >= 11 is 5.35. The molecule has 1 aromatic rings. The van der Waals surface area contributed by atoms with Crippen molar-refractivity contribution in [3.63, 3.8) is 0 Å². The highest BCUT2D eigenvalue weighted by atomic mass is 35.5. The maximum absolute atomic E-state index is 13.2. The van der Waals surface area contributed by atoms with Gasteiger partial charge < -0.3 is 4.74 Å². The standard InChI is InChI=1S/C11H14ClFN2O3/c12-9-8(13)10(16)15(11(17)14-9)5-6-18-7-3-1-2-4-7/h7H,1-6H2,(H,14,17). The first kappa shape index (κ1) is 13.3. The third-order valence-electron chi connectivity index (χ3n) is 3.06. The molecule has 0 radical (unpaired) electrons. The van der Waals surface area contributed by atoms with Gasteiger partial charge in [0.15, 0.2) is 5.15 Å². The number of rotatable bonds is 4. The average molecular weight is 277 g/mol. The van der Waals surface area contributed by atoms with Gasteiger partial charge in [-0.25, -0.2) is 4.79 Å². The Hall–Kier alpha value is -1.14. The third-order valence-corrected chi connectivity index (χ3v) is 3.32. The molecule has 2 rings (SSSR count). The summed E-state index contributed by atoms with van der Waals surface area (Å²) in [4.78, 5) is 25.0. The fraction of sp³-hybridized carbons (Fsp3) is 0.636. The van der Waals surface area contributed by atoms with Crippen LogP contribution in [0.5, 0.6) is 0 Å². The molecule has 5 nitrogen and oxygen atoms in total. The van der Waals surface area contributed by atoms with Crippen LogP contribution < -0.4 is 11.2 Å². The zero-order valence-corrected chi connectivity index (χ0v) is 10.5. The summed E-state index contributed by atoms with van der Waals surface area (Å²) in [5.41, 5.74) is -1.74. The van der Waals surface area contributed by atoms with E-state index in [1.165, 1.54) is 0 Å². The molecule has 1 fully saturated rings. The summed E-state index contributed by atoms with van der Waals surface area (Å²) in [5.74, 6) is -1.14. The van der Waals surface area contributed by atoms with Crippen LogP contribution in [0.15, 0.2) is 9.59 Å². The van der Waals surface area contributed by atoms with Crippen molar-refractivity contribution in [1.29, 1.82) is 0 Å². The molecule has 0 atom stereocenters. The van der Waals surface area contributed by atoms with Crippen LogP contribution in [0.25, 0.3) is 0 Å². The molecule has 1 aliphatic rings. The molecule has 0 unspecified atom stereocenters. The lowest BCUT2D eigenvalue weighted by Gasteiger charge is -2.11. The smallest absolute Gasteiger partial charge is 0.329 e. The predicted molar refractivity (Wildman–Crippen MR) is 64.5 cm³/mol. The van der Waals surface area contributed by atoms with E-state index in [9.17, 15) is 14.0 Å². The molecule has 100 valence electrons. The first-order valence-electron chi connectivity index (χ1n) is 5.89. The maximum atomic E-state index is 13.2. The Kier molecular flexibility index (Phi) is 4.19. The Morgan fingerprint density at radius 1 is 1.39 bits per heavy atom. The van der Waals surface area contributed by atoms with Gasteiger partial charge in [-0.3, -0.25) is 14.3 Å². The molecule has 18 heavy (non-hydrogen) atoms. The zero-order chi connectivity index (χ0) is 13.1. The van der Waals surface area contributed by atoms with Crippen LogP contribution in [0.2, 0.25) is 5.15 Å². The van der Waals surface area contributed by atoms with Gasteiger partial charge in [-0.1, -0.05) is 24.4 Å². The van der Waals surface area contributed by atoms with Gasteiger partial charge in [-0.15, -0.1) is 0 Å². The number of hydrogen-bond donors (Lipinski definition) is 1. The molecule has 0 aromatic carbocycles. The van der Waals surface area contributed by atoms with Gasteiger partial charge in [-0.2, -0.15) is 4.39 Å². The van der Waals surface area contributed by atoms with Crippen LogP contribution >= 0.6 is 11.6 Å². The van der Waals surface area contributed by atoms with Crippen molar-refractivity contribution in [1.82, 2.24) is 9.55 Å². The average Bonchev–Trinajstić information content (AvgIpc) is 2.84. The van der Waals surface area contributed by atoms with Crippen molar-refractivity contribution in [3.8, 4) is 0 Å². The molecule has 0 saturated heterocycles. The number of hydrogen-bond acceptors (Lipinski definition) is 3. The van der Waals surface area contributed by atoms with E-state index in [1.54, 1.807) is 0 Å². The first-order chi connectivity index (χ1) is 8.59. The normalized spacial score (nSPS) is 16.3. The summed E-state index contributed by atoms with van der Waals surface area (Å²) in [6.07, 6.45) is 4.47. The van der Waals surface area contributed by atoms with E-state index in [2.05, 4.69) is 4.98 Å². The maximum Gasteiger partial charge on any atom is 0.329 e. The van der Waals surface area contributed by atoms with Crippen molar-refractivity contribution in [2.24, 2.45) is 0 Å². The molecule has 1 aliphatic carbocycles. The van der Waals surface area contributed by atoms with Gasteiger partial charge in [0.2, 0.25) is 5.82 Å². The van der Waals surface area contributed by atoms with E-state index in [4.69, 9.17) is 16.3 Å². The highest BCUT2D eigenvalue weighted by Crippen LogP contribution is 2.20. The molecule has 0 bridgehead atoms. The van der Waals surface area contributed by atoms with Crippen molar-refractivity contribution in [2.75, 3.05) is 6.61 Å². The van der Waals surface area contributed by atoms with Crippen LogP contribution in [0, 0.1) is 5.82 Å². The quantitative estimate of drug-likeness (QED) is 0.843. The summed E-state index contributed by atoms with van der Waals surface area (Å²) in [6, 6.07) is 0. The number of ether oxygens (including phenoxy) is 1. The van der Waals surface area contributed by atoms with Gasteiger partial charge in [-0.05, 0) is 12.8 Å². The van der Waals surface area contributed by atoms with Gasteiger partial charge in [0.25, 0.3) is 5.56 Å². The second kappa shape index (κ2) is 5.67. The number of aromatic nitrogens is 2. The van der Waals surface area contributed by atoms with Crippen molar-refractivity contribution in [3.05, 3.63) is 31.8 Å². The van der Waals surface area contributed by atoms with E-state index in [0.717, 1.165) is 30.3 Å². The minimum Gasteiger partial charge on any atom is -0.376 e. The Bertz CT molecular complexity index is 534. The Morgan fingerprint density at radius 2 is 2.06 bits per heavy atom.